The molecule has 1 amide bonds. The number of esters is 1. The zero-order valence-electron chi connectivity index (χ0n) is 13.1. The van der Waals surface area contributed by atoms with E-state index in [1.807, 2.05) is 34.6 Å². The van der Waals surface area contributed by atoms with E-state index in [2.05, 4.69) is 0 Å². The Balaban J connectivity index is 2.09. The molecule has 2 fully saturated rings. The number of nitrogens with zero attached hydrogens (tertiary/aromatic N) is 1. The summed E-state index contributed by atoms with van der Waals surface area (Å²) in [6.45, 7) is 10.4. The molecule has 2 aliphatic rings. The van der Waals surface area contributed by atoms with E-state index in [0.29, 0.717) is 19.5 Å². The fraction of sp³-hybridized carbons (Fsp3) is 0.867. The summed E-state index contributed by atoms with van der Waals surface area (Å²) < 4.78 is 10.9. The number of hydrogen-bond donors (Lipinski definition) is 0. The van der Waals surface area contributed by atoms with E-state index in [9.17, 15) is 9.59 Å². The molecule has 0 aromatic heterocycles. The van der Waals surface area contributed by atoms with Gasteiger partial charge < -0.3 is 14.4 Å². The van der Waals surface area contributed by atoms with Gasteiger partial charge in [-0.15, -0.1) is 0 Å². The van der Waals surface area contributed by atoms with E-state index in [1.165, 1.54) is 0 Å². The molecule has 1 unspecified atom stereocenters. The molecule has 2 rings (SSSR count). The molecule has 5 heteroatoms. The zero-order chi connectivity index (χ0) is 15.2. The van der Waals surface area contributed by atoms with Gasteiger partial charge in [-0.1, -0.05) is 0 Å². The molecule has 20 heavy (non-hydrogen) atoms. The molecular formula is C15H25NO4. The van der Waals surface area contributed by atoms with Gasteiger partial charge in [-0.3, -0.25) is 4.79 Å². The predicted molar refractivity (Wildman–Crippen MR) is 74.3 cm³/mol. The van der Waals surface area contributed by atoms with Gasteiger partial charge in [0.1, 0.15) is 11.2 Å². The Hall–Kier alpha value is -1.26. The van der Waals surface area contributed by atoms with Crippen LogP contribution in [0.5, 0.6) is 0 Å². The first-order valence-corrected chi connectivity index (χ1v) is 7.25. The van der Waals surface area contributed by atoms with E-state index < -0.39 is 16.6 Å². The lowest BCUT2D eigenvalue weighted by Crippen LogP contribution is -2.49. The number of cyclic esters (lactones) is 1. The fourth-order valence-corrected chi connectivity index (χ4v) is 3.21. The van der Waals surface area contributed by atoms with Crippen molar-refractivity contribution in [3.63, 3.8) is 0 Å². The van der Waals surface area contributed by atoms with Crippen molar-refractivity contribution in [2.24, 2.45) is 5.41 Å². The van der Waals surface area contributed by atoms with Gasteiger partial charge in [0.15, 0.2) is 0 Å². The van der Waals surface area contributed by atoms with E-state index in [0.717, 1.165) is 12.8 Å². The minimum absolute atomic E-state index is 0.171. The molecule has 0 N–H and O–H groups in total. The minimum atomic E-state index is -0.543. The summed E-state index contributed by atoms with van der Waals surface area (Å²) in [4.78, 5) is 26.0. The average Bonchev–Trinajstić information content (AvgIpc) is 2.46. The van der Waals surface area contributed by atoms with Crippen LogP contribution in [0.2, 0.25) is 0 Å². The van der Waals surface area contributed by atoms with Crippen LogP contribution in [0.4, 0.5) is 4.79 Å². The van der Waals surface area contributed by atoms with Gasteiger partial charge in [0, 0.05) is 19.5 Å². The average molecular weight is 283 g/mol. The van der Waals surface area contributed by atoms with Gasteiger partial charge in [0.2, 0.25) is 0 Å². The molecule has 2 aliphatic heterocycles. The summed E-state index contributed by atoms with van der Waals surface area (Å²) in [6, 6.07) is 0. The third-order valence-corrected chi connectivity index (χ3v) is 3.79. The van der Waals surface area contributed by atoms with Crippen molar-refractivity contribution in [2.75, 3.05) is 13.1 Å². The number of carbonyl (C=O) groups excluding carboxylic acids is 2. The number of likely N-dealkylation sites (tertiary alicyclic amines) is 1. The van der Waals surface area contributed by atoms with E-state index >= 15 is 0 Å². The largest absolute Gasteiger partial charge is 0.459 e. The predicted octanol–water partition coefficient (Wildman–Crippen LogP) is 2.73. The lowest BCUT2D eigenvalue weighted by Gasteiger charge is -2.38. The van der Waals surface area contributed by atoms with Crippen molar-refractivity contribution in [1.82, 2.24) is 4.90 Å². The Labute approximate surface area is 120 Å². The van der Waals surface area contributed by atoms with E-state index in [1.54, 1.807) is 4.90 Å². The van der Waals surface area contributed by atoms with Gasteiger partial charge in [0.05, 0.1) is 5.41 Å². The number of carbonyl (C=O) groups is 2. The Bertz CT molecular complexity index is 424. The molecule has 2 heterocycles. The van der Waals surface area contributed by atoms with Crippen LogP contribution in [0.1, 0.15) is 53.9 Å². The van der Waals surface area contributed by atoms with Crippen LogP contribution in [0, 0.1) is 5.41 Å². The highest BCUT2D eigenvalue weighted by atomic mass is 16.6. The van der Waals surface area contributed by atoms with Crippen LogP contribution in [-0.4, -0.2) is 41.3 Å². The Morgan fingerprint density at radius 2 is 2.00 bits per heavy atom. The molecule has 1 atom stereocenters. The topological polar surface area (TPSA) is 55.8 Å². The van der Waals surface area contributed by atoms with E-state index in [4.69, 9.17) is 9.47 Å². The molecule has 0 radical (unpaired) electrons. The normalized spacial score (nSPS) is 29.4. The first-order chi connectivity index (χ1) is 9.03. The van der Waals surface area contributed by atoms with Crippen LogP contribution in [0.3, 0.4) is 0 Å². The maximum atomic E-state index is 12.2. The molecule has 0 aliphatic carbocycles. The Morgan fingerprint density at radius 3 is 2.50 bits per heavy atom. The second-order valence-electron chi connectivity index (χ2n) is 7.61. The minimum Gasteiger partial charge on any atom is -0.459 e. The second kappa shape index (κ2) is 4.64. The Morgan fingerprint density at radius 1 is 1.35 bits per heavy atom. The maximum Gasteiger partial charge on any atom is 0.410 e. The van der Waals surface area contributed by atoms with Gasteiger partial charge in [-0.25, -0.2) is 4.79 Å². The highest BCUT2D eigenvalue weighted by Crippen LogP contribution is 2.46. The standard InChI is InChI=1S/C15H25NO4/c1-13(2,3)20-12(18)16-8-6-7-15(10-16)9-14(4,5)19-11(15)17/h6-10H2,1-5H3. The number of rotatable bonds is 0. The maximum absolute atomic E-state index is 12.2. The van der Waals surface area contributed by atoms with E-state index in [-0.39, 0.29) is 12.1 Å². The molecule has 2 saturated heterocycles. The molecule has 5 nitrogen and oxygen atoms in total. The van der Waals surface area contributed by atoms with Crippen molar-refractivity contribution < 1.29 is 19.1 Å². The molecule has 114 valence electrons. The quantitative estimate of drug-likeness (QED) is 0.641. The molecule has 0 bridgehead atoms. The lowest BCUT2D eigenvalue weighted by atomic mass is 9.75. The van der Waals surface area contributed by atoms with Gasteiger partial charge in [0.25, 0.3) is 0 Å². The fourth-order valence-electron chi connectivity index (χ4n) is 3.21. The third-order valence-electron chi connectivity index (χ3n) is 3.79. The summed E-state index contributed by atoms with van der Waals surface area (Å²) in [5.74, 6) is -0.171. The zero-order valence-corrected chi connectivity index (χ0v) is 13.1. The molecule has 0 saturated carbocycles. The van der Waals surface area contributed by atoms with Crippen LogP contribution in [-0.2, 0) is 14.3 Å². The summed E-state index contributed by atoms with van der Waals surface area (Å²) in [6.07, 6.45) is 1.92. The molecule has 0 aromatic carbocycles. The summed E-state index contributed by atoms with van der Waals surface area (Å²) in [5, 5.41) is 0. The van der Waals surface area contributed by atoms with Gasteiger partial charge in [-0.05, 0) is 47.5 Å². The van der Waals surface area contributed by atoms with Crippen LogP contribution in [0.25, 0.3) is 0 Å². The van der Waals surface area contributed by atoms with Crippen molar-refractivity contribution in [1.29, 1.82) is 0 Å². The molecular weight excluding hydrogens is 258 g/mol. The SMILES string of the molecule is CC(C)(C)OC(=O)N1CCCC2(C1)CC(C)(C)OC2=O. The highest BCUT2D eigenvalue weighted by molar-refractivity contribution is 5.81. The second-order valence-corrected chi connectivity index (χ2v) is 7.61. The highest BCUT2D eigenvalue weighted by Gasteiger charge is 2.55. The van der Waals surface area contributed by atoms with Crippen LogP contribution < -0.4 is 0 Å². The van der Waals surface area contributed by atoms with Crippen molar-refractivity contribution in [3.05, 3.63) is 0 Å². The smallest absolute Gasteiger partial charge is 0.410 e. The number of amides is 1. The third kappa shape index (κ3) is 3.07. The van der Waals surface area contributed by atoms with Crippen LogP contribution in [0.15, 0.2) is 0 Å². The lowest BCUT2D eigenvalue weighted by molar-refractivity contribution is -0.154. The first-order valence-electron chi connectivity index (χ1n) is 7.25. The van der Waals surface area contributed by atoms with Crippen LogP contribution >= 0.6 is 0 Å². The van der Waals surface area contributed by atoms with Crippen molar-refractivity contribution in [2.45, 2.75) is 65.1 Å². The summed E-state index contributed by atoms with van der Waals surface area (Å²) in [5.41, 5.74) is -1.50. The van der Waals surface area contributed by atoms with Gasteiger partial charge >= 0.3 is 12.1 Å². The van der Waals surface area contributed by atoms with Crippen molar-refractivity contribution >= 4 is 12.1 Å². The number of piperidine rings is 1. The Kier molecular flexibility index (Phi) is 3.51. The monoisotopic (exact) mass is 283 g/mol. The molecule has 0 aromatic rings. The van der Waals surface area contributed by atoms with Gasteiger partial charge in [-0.2, -0.15) is 0 Å². The summed E-state index contributed by atoms with van der Waals surface area (Å²) >= 11 is 0. The summed E-state index contributed by atoms with van der Waals surface area (Å²) in [7, 11) is 0. The van der Waals surface area contributed by atoms with Crippen molar-refractivity contribution in [3.8, 4) is 0 Å². The molecule has 1 spiro atoms. The number of ether oxygens (including phenoxy) is 2. The first kappa shape index (κ1) is 15.1. The number of hydrogen-bond acceptors (Lipinski definition) is 4.